The van der Waals surface area contributed by atoms with Gasteiger partial charge in [0.2, 0.25) is 5.13 Å². The first-order chi connectivity index (χ1) is 9.35. The van der Waals surface area contributed by atoms with E-state index in [2.05, 4.69) is 24.9 Å². The van der Waals surface area contributed by atoms with Gasteiger partial charge in [-0.1, -0.05) is 11.3 Å². The van der Waals surface area contributed by atoms with Crippen molar-refractivity contribution < 1.29 is 4.74 Å². The number of methoxy groups -OCH3 is 1. The highest BCUT2D eigenvalue weighted by Crippen LogP contribution is 2.41. The van der Waals surface area contributed by atoms with Crippen molar-refractivity contribution in [1.82, 2.24) is 19.6 Å². The Morgan fingerprint density at radius 2 is 2.26 bits per heavy atom. The van der Waals surface area contributed by atoms with Crippen LogP contribution in [0.15, 0.2) is 8.68 Å². The van der Waals surface area contributed by atoms with E-state index in [-0.39, 0.29) is 0 Å². The highest BCUT2D eigenvalue weighted by atomic mass is 32.2. The van der Waals surface area contributed by atoms with E-state index in [1.54, 1.807) is 7.11 Å². The summed E-state index contributed by atoms with van der Waals surface area (Å²) in [5, 5.41) is 12.2. The van der Waals surface area contributed by atoms with Gasteiger partial charge in [0.25, 0.3) is 0 Å². The second-order valence-corrected chi connectivity index (χ2v) is 7.31. The Hall–Kier alpha value is -0.770. The van der Waals surface area contributed by atoms with E-state index in [1.807, 2.05) is 0 Å². The average molecular weight is 315 g/mol. The number of nitrogens with one attached hydrogen (secondary N) is 1. The molecule has 0 bridgehead atoms. The minimum Gasteiger partial charge on any atom is -0.383 e. The fourth-order valence-electron chi connectivity index (χ4n) is 1.43. The fourth-order valence-corrected chi connectivity index (χ4v) is 4.09. The van der Waals surface area contributed by atoms with Crippen LogP contribution in [0.1, 0.15) is 24.6 Å². The third-order valence-electron chi connectivity index (χ3n) is 2.53. The van der Waals surface area contributed by atoms with Crippen LogP contribution < -0.4 is 5.32 Å². The summed E-state index contributed by atoms with van der Waals surface area (Å²) in [6.07, 6.45) is 2.46. The molecule has 2 aromatic heterocycles. The standard InChI is InChI=1S/C10H13N5OS3/c1-16-5-4-11-8-13-14-10(17-8)18-9-12-7(15-19-9)6-2-3-6/h6H,2-5H2,1H3,(H,11,13). The SMILES string of the molecule is COCCNc1nnc(Sc2nc(C3CC3)ns2)s1. The van der Waals surface area contributed by atoms with Crippen molar-refractivity contribution in [3.8, 4) is 0 Å². The first-order valence-corrected chi connectivity index (χ1v) is 8.33. The lowest BCUT2D eigenvalue weighted by Gasteiger charge is -1.98. The summed E-state index contributed by atoms with van der Waals surface area (Å²) in [5.74, 6) is 1.60. The van der Waals surface area contributed by atoms with Gasteiger partial charge in [0, 0.05) is 19.6 Å². The Kier molecular flexibility index (Phi) is 4.26. The number of hydrogen-bond acceptors (Lipinski definition) is 9. The van der Waals surface area contributed by atoms with Crippen LogP contribution in [0.3, 0.4) is 0 Å². The Morgan fingerprint density at radius 1 is 1.37 bits per heavy atom. The van der Waals surface area contributed by atoms with E-state index >= 15 is 0 Å². The number of anilines is 1. The lowest BCUT2D eigenvalue weighted by atomic mass is 10.4. The minimum atomic E-state index is 0.603. The summed E-state index contributed by atoms with van der Waals surface area (Å²) >= 11 is 4.50. The van der Waals surface area contributed by atoms with Crippen molar-refractivity contribution in [3.63, 3.8) is 0 Å². The molecular formula is C10H13N5OS3. The van der Waals surface area contributed by atoms with Gasteiger partial charge in [0.15, 0.2) is 8.68 Å². The monoisotopic (exact) mass is 315 g/mol. The molecule has 0 radical (unpaired) electrons. The number of nitrogens with zero attached hydrogens (tertiary/aromatic N) is 4. The molecule has 1 aliphatic rings. The molecule has 2 aromatic rings. The van der Waals surface area contributed by atoms with E-state index in [0.29, 0.717) is 12.5 Å². The van der Waals surface area contributed by atoms with Crippen molar-refractivity contribution in [3.05, 3.63) is 5.82 Å². The number of hydrogen-bond donors (Lipinski definition) is 1. The van der Waals surface area contributed by atoms with Crippen molar-refractivity contribution >= 4 is 39.8 Å². The van der Waals surface area contributed by atoms with Crippen molar-refractivity contribution in [2.24, 2.45) is 0 Å². The predicted octanol–water partition coefficient (Wildman–Crippen LogP) is 2.48. The quantitative estimate of drug-likeness (QED) is 0.787. The molecule has 3 rings (SSSR count). The molecule has 0 spiro atoms. The molecule has 1 N–H and O–H groups in total. The molecular weight excluding hydrogens is 302 g/mol. The van der Waals surface area contributed by atoms with Crippen LogP contribution in [0.5, 0.6) is 0 Å². The average Bonchev–Trinajstić information content (AvgIpc) is 3.00. The number of aromatic nitrogens is 4. The van der Waals surface area contributed by atoms with E-state index in [1.165, 1.54) is 47.5 Å². The maximum atomic E-state index is 4.97. The lowest BCUT2D eigenvalue weighted by Crippen LogP contribution is -2.06. The highest BCUT2D eigenvalue weighted by molar-refractivity contribution is 8.02. The molecule has 1 saturated carbocycles. The van der Waals surface area contributed by atoms with Gasteiger partial charge in [0.1, 0.15) is 5.82 Å². The molecule has 1 aliphatic carbocycles. The molecule has 2 heterocycles. The lowest BCUT2D eigenvalue weighted by molar-refractivity contribution is 0.211. The van der Waals surface area contributed by atoms with Gasteiger partial charge < -0.3 is 10.1 Å². The Balaban J connectivity index is 1.56. The zero-order chi connectivity index (χ0) is 13.1. The first kappa shape index (κ1) is 13.2. The number of rotatable bonds is 7. The summed E-state index contributed by atoms with van der Waals surface area (Å²) in [4.78, 5) is 4.52. The molecule has 0 unspecified atom stereocenters. The zero-order valence-electron chi connectivity index (χ0n) is 10.3. The Bertz CT molecular complexity index is 539. The van der Waals surface area contributed by atoms with Crippen molar-refractivity contribution in [2.75, 3.05) is 25.6 Å². The van der Waals surface area contributed by atoms with Crippen molar-refractivity contribution in [1.29, 1.82) is 0 Å². The van der Waals surface area contributed by atoms with Gasteiger partial charge >= 0.3 is 0 Å². The molecule has 0 atom stereocenters. The van der Waals surface area contributed by atoms with Gasteiger partial charge in [0.05, 0.1) is 6.61 Å². The molecule has 0 aliphatic heterocycles. The zero-order valence-corrected chi connectivity index (χ0v) is 12.8. The van der Waals surface area contributed by atoms with Gasteiger partial charge in [-0.15, -0.1) is 10.2 Å². The minimum absolute atomic E-state index is 0.603. The summed E-state index contributed by atoms with van der Waals surface area (Å²) in [6, 6.07) is 0. The maximum absolute atomic E-state index is 4.97. The summed E-state index contributed by atoms with van der Waals surface area (Å²) in [5.41, 5.74) is 0. The third kappa shape index (κ3) is 3.62. The van der Waals surface area contributed by atoms with Crippen LogP contribution >= 0.6 is 34.6 Å². The van der Waals surface area contributed by atoms with Crippen LogP contribution in [-0.2, 0) is 4.74 Å². The van der Waals surface area contributed by atoms with Gasteiger partial charge in [-0.25, -0.2) is 4.98 Å². The van der Waals surface area contributed by atoms with E-state index in [9.17, 15) is 0 Å². The molecule has 0 saturated heterocycles. The maximum Gasteiger partial charge on any atom is 0.206 e. The van der Waals surface area contributed by atoms with Crippen LogP contribution in [0.25, 0.3) is 0 Å². The van der Waals surface area contributed by atoms with Gasteiger partial charge in [-0.05, 0) is 36.1 Å². The van der Waals surface area contributed by atoms with E-state index in [4.69, 9.17) is 4.74 Å². The fraction of sp³-hybridized carbons (Fsp3) is 0.600. The van der Waals surface area contributed by atoms with Crippen LogP contribution in [0, 0.1) is 0 Å². The molecule has 0 amide bonds. The topological polar surface area (TPSA) is 72.8 Å². The van der Waals surface area contributed by atoms with Crippen LogP contribution in [0.2, 0.25) is 0 Å². The molecule has 102 valence electrons. The summed E-state index contributed by atoms with van der Waals surface area (Å²) in [7, 11) is 1.68. The van der Waals surface area contributed by atoms with Crippen LogP contribution in [-0.4, -0.2) is 39.8 Å². The molecule has 9 heteroatoms. The largest absolute Gasteiger partial charge is 0.383 e. The molecule has 19 heavy (non-hydrogen) atoms. The van der Waals surface area contributed by atoms with Gasteiger partial charge in [-0.3, -0.25) is 0 Å². The number of ether oxygens (including phenoxy) is 1. The smallest absolute Gasteiger partial charge is 0.206 e. The third-order valence-corrected chi connectivity index (χ3v) is 5.23. The molecule has 0 aromatic carbocycles. The molecule has 1 fully saturated rings. The molecule has 6 nitrogen and oxygen atoms in total. The van der Waals surface area contributed by atoms with Crippen molar-refractivity contribution in [2.45, 2.75) is 27.4 Å². The normalized spacial score (nSPS) is 14.8. The highest BCUT2D eigenvalue weighted by Gasteiger charge is 2.28. The van der Waals surface area contributed by atoms with Gasteiger partial charge in [-0.2, -0.15) is 4.37 Å². The second kappa shape index (κ2) is 6.12. The first-order valence-electron chi connectivity index (χ1n) is 5.93. The predicted molar refractivity (Wildman–Crippen MR) is 76.3 cm³/mol. The van der Waals surface area contributed by atoms with E-state index < -0.39 is 0 Å². The van der Waals surface area contributed by atoms with Crippen LogP contribution in [0.4, 0.5) is 5.13 Å². The summed E-state index contributed by atoms with van der Waals surface area (Å²) < 4.78 is 11.2. The Labute approximate surface area is 123 Å². The Morgan fingerprint density at radius 3 is 3.05 bits per heavy atom. The second-order valence-electron chi connectivity index (χ2n) is 4.09. The van der Waals surface area contributed by atoms with E-state index in [0.717, 1.165) is 26.2 Å². The summed E-state index contributed by atoms with van der Waals surface area (Å²) in [6.45, 7) is 1.39.